The van der Waals surface area contributed by atoms with Crippen LogP contribution in [-0.2, 0) is 14.6 Å². The zero-order valence-electron chi connectivity index (χ0n) is 18.6. The van der Waals surface area contributed by atoms with E-state index in [0.29, 0.717) is 24.3 Å². The van der Waals surface area contributed by atoms with Crippen molar-refractivity contribution >= 4 is 15.7 Å². The van der Waals surface area contributed by atoms with Crippen molar-refractivity contribution in [2.24, 2.45) is 5.41 Å². The van der Waals surface area contributed by atoms with E-state index in [1.54, 1.807) is 26.8 Å². The number of nitrogens with zero attached hydrogens (tertiary/aromatic N) is 1. The Morgan fingerprint density at radius 3 is 2.06 bits per heavy atom. The second-order valence-corrected chi connectivity index (χ2v) is 11.7. The Kier molecular flexibility index (Phi) is 7.69. The number of alkyl halides is 5. The summed E-state index contributed by atoms with van der Waals surface area (Å²) < 4.78 is 107. The van der Waals surface area contributed by atoms with Crippen LogP contribution in [0.1, 0.15) is 45.2 Å². The predicted molar refractivity (Wildman–Crippen MR) is 111 cm³/mol. The van der Waals surface area contributed by atoms with Crippen LogP contribution >= 0.6 is 0 Å². The highest BCUT2D eigenvalue weighted by Crippen LogP contribution is 2.45. The maximum atomic E-state index is 14.5. The third-order valence-electron chi connectivity index (χ3n) is 5.03. The zero-order chi connectivity index (χ0) is 26.2. The zero-order valence-corrected chi connectivity index (χ0v) is 19.5. The van der Waals surface area contributed by atoms with Gasteiger partial charge < -0.3 is 5.32 Å². The van der Waals surface area contributed by atoms with Gasteiger partial charge in [-0.05, 0) is 36.0 Å². The minimum Gasteiger partial charge on any atom is -0.336 e. The molecule has 0 aromatic heterocycles. The van der Waals surface area contributed by atoms with E-state index in [2.05, 4.69) is 5.32 Å². The maximum absolute atomic E-state index is 14.5. The second kappa shape index (κ2) is 9.37. The fourth-order valence-corrected chi connectivity index (χ4v) is 5.51. The molecule has 2 atom stereocenters. The van der Waals surface area contributed by atoms with Crippen LogP contribution in [0.3, 0.4) is 0 Å². The summed E-state index contributed by atoms with van der Waals surface area (Å²) in [5, 5.41) is 13.3. The summed E-state index contributed by atoms with van der Waals surface area (Å²) in [7, 11) is -4.13. The number of nitriles is 1. The molecule has 34 heavy (non-hydrogen) atoms. The summed E-state index contributed by atoms with van der Waals surface area (Å²) >= 11 is 0. The Bertz CT molecular complexity index is 1040. The van der Waals surface area contributed by atoms with Gasteiger partial charge >= 0.3 is 12.1 Å². The van der Waals surface area contributed by atoms with Crippen LogP contribution in [0, 0.1) is 22.6 Å². The molecule has 1 aliphatic rings. The molecule has 1 fully saturated rings. The molecule has 190 valence electrons. The van der Waals surface area contributed by atoms with Crippen LogP contribution in [0.2, 0.25) is 0 Å². The van der Waals surface area contributed by atoms with Crippen LogP contribution in [0.5, 0.6) is 0 Å². The molecule has 6 nitrogen and oxygen atoms in total. The monoisotopic (exact) mass is 513 g/mol. The van der Waals surface area contributed by atoms with Gasteiger partial charge in [-0.15, -0.1) is 0 Å². The van der Waals surface area contributed by atoms with Crippen LogP contribution in [-0.4, -0.2) is 49.5 Å². The first-order chi connectivity index (χ1) is 15.3. The number of rotatable bonds is 9. The highest BCUT2D eigenvalue weighted by molar-refractivity contribution is 7.91. The fourth-order valence-electron chi connectivity index (χ4n) is 3.32. The summed E-state index contributed by atoms with van der Waals surface area (Å²) in [4.78, 5) is 12.8. The van der Waals surface area contributed by atoms with Crippen LogP contribution in [0.4, 0.5) is 26.3 Å². The van der Waals surface area contributed by atoms with E-state index in [1.165, 1.54) is 0 Å². The highest BCUT2D eigenvalue weighted by atomic mass is 32.2. The summed E-state index contributed by atoms with van der Waals surface area (Å²) in [6, 6.07) is -0.466. The molecule has 0 radical (unpaired) electrons. The van der Waals surface area contributed by atoms with Gasteiger partial charge in [-0.3, -0.25) is 10.1 Å². The lowest BCUT2D eigenvalue weighted by molar-refractivity contribution is -0.294. The van der Waals surface area contributed by atoms with Crippen molar-refractivity contribution in [3.8, 4) is 6.07 Å². The molecule has 2 N–H and O–H groups in total. The quantitative estimate of drug-likeness (QED) is 0.491. The van der Waals surface area contributed by atoms with Crippen molar-refractivity contribution in [3.63, 3.8) is 0 Å². The number of hydrogen-bond acceptors (Lipinski definition) is 5. The van der Waals surface area contributed by atoms with Crippen molar-refractivity contribution in [1.29, 1.82) is 5.26 Å². The second-order valence-electron chi connectivity index (χ2n) is 9.62. The molecule has 2 rings (SSSR count). The van der Waals surface area contributed by atoms with E-state index in [9.17, 15) is 44.8 Å². The molecule has 0 saturated heterocycles. The third kappa shape index (κ3) is 7.09. The van der Waals surface area contributed by atoms with Crippen molar-refractivity contribution in [2.75, 3.05) is 11.5 Å². The fraction of sp³-hybridized carbons (Fsp3) is 0.619. The molecule has 1 aromatic carbocycles. The Labute approximate surface area is 193 Å². The van der Waals surface area contributed by atoms with Gasteiger partial charge in [-0.25, -0.2) is 12.8 Å². The average molecular weight is 514 g/mol. The number of nitrogens with one attached hydrogen (secondary N) is 2. The first kappa shape index (κ1) is 27.9. The van der Waals surface area contributed by atoms with E-state index in [0.717, 1.165) is 0 Å². The van der Waals surface area contributed by atoms with Gasteiger partial charge in [0, 0.05) is 0 Å². The maximum Gasteiger partial charge on any atom is 0.455 e. The predicted octanol–water partition coefficient (Wildman–Crippen LogP) is 3.66. The first-order valence-electron chi connectivity index (χ1n) is 10.2. The normalized spacial score (nSPS) is 18.0. The summed E-state index contributed by atoms with van der Waals surface area (Å²) in [6.45, 7) is 4.71. The van der Waals surface area contributed by atoms with Crippen LogP contribution in [0.25, 0.3) is 0 Å². The summed E-state index contributed by atoms with van der Waals surface area (Å²) in [5.74, 6) is -9.13. The van der Waals surface area contributed by atoms with E-state index >= 15 is 0 Å². The van der Waals surface area contributed by atoms with Gasteiger partial charge in [0.15, 0.2) is 9.84 Å². The smallest absolute Gasteiger partial charge is 0.336 e. The third-order valence-corrected chi connectivity index (χ3v) is 7.18. The van der Waals surface area contributed by atoms with Crippen molar-refractivity contribution in [1.82, 2.24) is 10.6 Å². The molecule has 0 unspecified atom stereocenters. The molecule has 0 bridgehead atoms. The van der Waals surface area contributed by atoms with Gasteiger partial charge in [0.2, 0.25) is 5.91 Å². The molecule has 1 aromatic rings. The Morgan fingerprint density at radius 1 is 1.12 bits per heavy atom. The molecular formula is C21H25F6N3O3S. The largest absolute Gasteiger partial charge is 0.455 e. The van der Waals surface area contributed by atoms with Crippen molar-refractivity contribution in [3.05, 3.63) is 35.6 Å². The number of sulfone groups is 1. The number of carbonyl (C=O) groups is 1. The SMILES string of the molecule is CC(C)(C)CS(=O)(=O)C[C@H](N[C@@H](c1ccc(F)cc1)C(F)(F)C(F)(F)F)C(=O)NC1(C#N)CC1. The van der Waals surface area contributed by atoms with Gasteiger partial charge in [-0.2, -0.15) is 27.2 Å². The van der Waals surface area contributed by atoms with Gasteiger partial charge in [0.05, 0.1) is 17.6 Å². The van der Waals surface area contributed by atoms with Crippen molar-refractivity contribution < 1.29 is 39.6 Å². The number of hydrogen-bond donors (Lipinski definition) is 2. The Hall–Kier alpha value is -2.33. The van der Waals surface area contributed by atoms with E-state index in [4.69, 9.17) is 0 Å². The number of carbonyl (C=O) groups excluding carboxylic acids is 1. The van der Waals surface area contributed by atoms with Gasteiger partial charge in [0.25, 0.3) is 0 Å². The molecule has 1 saturated carbocycles. The lowest BCUT2D eigenvalue weighted by atomic mass is 9.98. The number of benzene rings is 1. The van der Waals surface area contributed by atoms with Gasteiger partial charge in [0.1, 0.15) is 23.4 Å². The molecule has 0 aliphatic heterocycles. The first-order valence-corrected chi connectivity index (χ1v) is 12.0. The standard InChI is InChI=1S/C21H25F6N3O3S/c1-18(2,3)12-34(32,33)10-15(17(31)30-19(11-28)8-9-19)29-16(20(23,24)21(25,26)27)13-4-6-14(22)7-5-13/h4-7,15-16,29H,8-10,12H2,1-3H3,(H,30,31)/t15-,16-/m0/s1. The topological polar surface area (TPSA) is 99.1 Å². The minimum absolute atomic E-state index is 0.219. The molecule has 0 heterocycles. The average Bonchev–Trinajstić information content (AvgIpc) is 3.42. The van der Waals surface area contributed by atoms with E-state index < -0.39 is 73.8 Å². The van der Waals surface area contributed by atoms with Crippen molar-refractivity contribution in [2.45, 2.75) is 63.3 Å². The van der Waals surface area contributed by atoms with E-state index in [-0.39, 0.29) is 12.8 Å². The Morgan fingerprint density at radius 2 is 1.65 bits per heavy atom. The molecule has 0 spiro atoms. The van der Waals surface area contributed by atoms with Gasteiger partial charge in [-0.1, -0.05) is 32.9 Å². The lowest BCUT2D eigenvalue weighted by Gasteiger charge is -2.33. The Balaban J connectivity index is 2.49. The molecule has 13 heteroatoms. The summed E-state index contributed by atoms with van der Waals surface area (Å²) in [6.07, 6.45) is -5.64. The number of amides is 1. The summed E-state index contributed by atoms with van der Waals surface area (Å²) in [5.41, 5.74) is -2.84. The van der Waals surface area contributed by atoms with Crippen LogP contribution < -0.4 is 10.6 Å². The van der Waals surface area contributed by atoms with E-state index in [1.807, 2.05) is 5.32 Å². The molecule has 1 amide bonds. The number of halogens is 6. The molecule has 1 aliphatic carbocycles. The minimum atomic E-state index is -6.07. The highest BCUT2D eigenvalue weighted by Gasteiger charge is 2.63. The lowest BCUT2D eigenvalue weighted by Crippen LogP contribution is -2.57. The molecular weight excluding hydrogens is 488 g/mol. The van der Waals surface area contributed by atoms with Crippen LogP contribution in [0.15, 0.2) is 24.3 Å².